The first-order valence-electron chi connectivity index (χ1n) is 10.4. The van der Waals surface area contributed by atoms with Crippen molar-refractivity contribution in [1.29, 1.82) is 0 Å². The second-order valence-corrected chi connectivity index (χ2v) is 7.87. The summed E-state index contributed by atoms with van der Waals surface area (Å²) in [5.74, 6) is -1.56. The van der Waals surface area contributed by atoms with E-state index >= 15 is 0 Å². The third-order valence-corrected chi connectivity index (χ3v) is 5.57. The van der Waals surface area contributed by atoms with Gasteiger partial charge in [0, 0.05) is 37.3 Å². The second-order valence-electron chi connectivity index (χ2n) is 7.87. The van der Waals surface area contributed by atoms with Crippen molar-refractivity contribution < 1.29 is 35.5 Å². The monoisotopic (exact) mass is 491 g/mol. The molecule has 1 aromatic carbocycles. The Morgan fingerprint density at radius 2 is 1.94 bits per heavy atom. The minimum atomic E-state index is -4.81. The zero-order valence-corrected chi connectivity index (χ0v) is 17.8. The topological polar surface area (TPSA) is 54.7 Å². The number of fused-ring (bicyclic) bond motifs is 1. The van der Waals surface area contributed by atoms with Crippen LogP contribution in [0.4, 0.5) is 36.7 Å². The first-order valence-corrected chi connectivity index (χ1v) is 10.4. The molecule has 1 aliphatic rings. The predicted molar refractivity (Wildman–Crippen MR) is 109 cm³/mol. The number of halogens is 7. The summed E-state index contributed by atoms with van der Waals surface area (Å²) in [5, 5.41) is 10.9. The van der Waals surface area contributed by atoms with Gasteiger partial charge in [-0.25, -0.2) is 8.78 Å². The van der Waals surface area contributed by atoms with E-state index in [9.17, 15) is 30.7 Å². The maximum atomic E-state index is 14.7. The van der Waals surface area contributed by atoms with E-state index in [-0.39, 0.29) is 35.2 Å². The van der Waals surface area contributed by atoms with Crippen LogP contribution < -0.4 is 10.1 Å². The lowest BCUT2D eigenvalue weighted by atomic mass is 10.0. The van der Waals surface area contributed by atoms with Gasteiger partial charge >= 0.3 is 12.8 Å². The summed E-state index contributed by atoms with van der Waals surface area (Å²) in [7, 11) is 0. The number of hydrogen-bond donors (Lipinski definition) is 1. The van der Waals surface area contributed by atoms with Gasteiger partial charge in [0.1, 0.15) is 23.1 Å². The molecule has 0 saturated carbocycles. The highest BCUT2D eigenvalue weighted by Gasteiger charge is 2.33. The van der Waals surface area contributed by atoms with E-state index in [1.807, 2.05) is 11.8 Å². The smallest absolute Gasteiger partial charge is 0.416 e. The number of aromatic nitrogens is 3. The van der Waals surface area contributed by atoms with Crippen molar-refractivity contribution in [1.82, 2.24) is 19.5 Å². The van der Waals surface area contributed by atoms with Crippen LogP contribution in [-0.2, 0) is 6.18 Å². The molecule has 2 aromatic heterocycles. The number of nitrogens with one attached hydrogen (secondary N) is 1. The lowest BCUT2D eigenvalue weighted by Crippen LogP contribution is -2.47. The molecule has 0 aliphatic carbocycles. The second kappa shape index (κ2) is 9.28. The number of nitrogens with zero attached hydrogens (tertiary/aromatic N) is 4. The Hall–Kier alpha value is -3.09. The first kappa shape index (κ1) is 24.0. The molecule has 1 unspecified atom stereocenters. The molecule has 184 valence electrons. The summed E-state index contributed by atoms with van der Waals surface area (Å²) < 4.78 is 99.5. The molecule has 34 heavy (non-hydrogen) atoms. The number of hydrogen-bond acceptors (Lipinski definition) is 5. The number of rotatable bonds is 6. The number of benzene rings is 1. The number of anilines is 1. The molecular weight excluding hydrogens is 471 g/mol. The van der Waals surface area contributed by atoms with Crippen LogP contribution in [0.5, 0.6) is 5.75 Å². The molecule has 2 atom stereocenters. The molecule has 4 rings (SSSR count). The van der Waals surface area contributed by atoms with Gasteiger partial charge in [0.25, 0.3) is 0 Å². The molecule has 0 amide bonds. The largest absolute Gasteiger partial charge is 0.434 e. The summed E-state index contributed by atoms with van der Waals surface area (Å²) in [6.07, 6.45) is -4.39. The Kier molecular flexibility index (Phi) is 6.56. The fourth-order valence-corrected chi connectivity index (χ4v) is 4.04. The van der Waals surface area contributed by atoms with Crippen LogP contribution in [0.1, 0.15) is 18.9 Å². The molecular formula is C21H20F7N5O. The number of likely N-dealkylation sites (tertiary alicyclic amines) is 1. The van der Waals surface area contributed by atoms with Crippen molar-refractivity contribution in [3.05, 3.63) is 41.8 Å². The average molecular weight is 491 g/mol. The molecule has 1 aliphatic heterocycles. The van der Waals surface area contributed by atoms with Gasteiger partial charge < -0.3 is 10.1 Å². The number of ether oxygens (including phenoxy) is 1. The average Bonchev–Trinajstić information content (AvgIpc) is 3.15. The Bertz CT molecular complexity index is 1170. The van der Waals surface area contributed by atoms with Crippen LogP contribution in [0.25, 0.3) is 16.8 Å². The molecule has 1 N–H and O–H groups in total. The van der Waals surface area contributed by atoms with Crippen LogP contribution in [-0.4, -0.2) is 58.0 Å². The Morgan fingerprint density at radius 3 is 2.62 bits per heavy atom. The molecule has 6 nitrogen and oxygen atoms in total. The maximum Gasteiger partial charge on any atom is 0.416 e. The van der Waals surface area contributed by atoms with Crippen LogP contribution in [0, 0.1) is 5.82 Å². The summed E-state index contributed by atoms with van der Waals surface area (Å²) in [4.78, 5) is 1.90. The van der Waals surface area contributed by atoms with E-state index in [1.165, 1.54) is 10.6 Å². The highest BCUT2D eigenvalue weighted by atomic mass is 19.4. The Labute approximate surface area is 189 Å². The lowest BCUT2D eigenvalue weighted by molar-refractivity contribution is -0.138. The van der Waals surface area contributed by atoms with Gasteiger partial charge in [-0.3, -0.25) is 9.30 Å². The fourth-order valence-electron chi connectivity index (χ4n) is 4.04. The predicted octanol–water partition coefficient (Wildman–Crippen LogP) is 5.00. The van der Waals surface area contributed by atoms with Crippen molar-refractivity contribution >= 4 is 11.5 Å². The van der Waals surface area contributed by atoms with Gasteiger partial charge in [0.2, 0.25) is 5.95 Å². The molecule has 13 heteroatoms. The van der Waals surface area contributed by atoms with Gasteiger partial charge in [-0.05, 0) is 30.8 Å². The Morgan fingerprint density at radius 1 is 1.18 bits per heavy atom. The van der Waals surface area contributed by atoms with Crippen LogP contribution in [0.15, 0.2) is 30.5 Å². The minimum Gasteiger partial charge on any atom is -0.434 e. The zero-order chi connectivity index (χ0) is 24.6. The summed E-state index contributed by atoms with van der Waals surface area (Å²) in [5.41, 5.74) is -2.02. The molecule has 3 heterocycles. The number of alkyl halides is 6. The van der Waals surface area contributed by atoms with E-state index in [1.54, 1.807) is 0 Å². The van der Waals surface area contributed by atoms with E-state index in [0.29, 0.717) is 31.8 Å². The highest BCUT2D eigenvalue weighted by Crippen LogP contribution is 2.39. The summed E-state index contributed by atoms with van der Waals surface area (Å²) in [6, 6.07) is 2.64. The summed E-state index contributed by atoms with van der Waals surface area (Å²) in [6.45, 7) is -0.0839. The van der Waals surface area contributed by atoms with Gasteiger partial charge in [0.05, 0.1) is 5.56 Å². The van der Waals surface area contributed by atoms with Gasteiger partial charge in [-0.1, -0.05) is 6.92 Å². The van der Waals surface area contributed by atoms with Crippen LogP contribution in [0.3, 0.4) is 0 Å². The minimum absolute atomic E-state index is 0.0704. The van der Waals surface area contributed by atoms with E-state index < -0.39 is 36.1 Å². The van der Waals surface area contributed by atoms with Gasteiger partial charge in [-0.2, -0.15) is 22.0 Å². The quantitative estimate of drug-likeness (QED) is 0.492. The van der Waals surface area contributed by atoms with E-state index in [4.69, 9.17) is 0 Å². The lowest BCUT2D eigenvalue weighted by Gasteiger charge is -2.34. The van der Waals surface area contributed by atoms with Crippen LogP contribution in [0.2, 0.25) is 0 Å². The van der Waals surface area contributed by atoms with E-state index in [2.05, 4.69) is 20.3 Å². The molecule has 0 radical (unpaired) electrons. The molecule has 0 spiro atoms. The van der Waals surface area contributed by atoms with Crippen molar-refractivity contribution in [2.24, 2.45) is 0 Å². The molecule has 0 bridgehead atoms. The number of likely N-dealkylation sites (N-methyl/N-ethyl adjacent to an activating group) is 1. The van der Waals surface area contributed by atoms with Crippen molar-refractivity contribution in [2.45, 2.75) is 38.3 Å². The zero-order valence-electron chi connectivity index (χ0n) is 17.8. The van der Waals surface area contributed by atoms with Crippen molar-refractivity contribution in [3.8, 4) is 17.0 Å². The van der Waals surface area contributed by atoms with Gasteiger partial charge in [0.15, 0.2) is 5.82 Å². The highest BCUT2D eigenvalue weighted by molar-refractivity contribution is 5.82. The van der Waals surface area contributed by atoms with Crippen molar-refractivity contribution in [2.75, 3.05) is 25.0 Å². The Balaban J connectivity index is 1.76. The SMILES string of the molecule is CCN1CC(Nc2nnc(-c3ccc(C(F)(F)F)cc3OC(F)F)c3c(F)ccn23)C[C@@H](F)C1. The van der Waals surface area contributed by atoms with E-state index in [0.717, 1.165) is 12.1 Å². The summed E-state index contributed by atoms with van der Waals surface area (Å²) >= 11 is 0. The third-order valence-electron chi connectivity index (χ3n) is 5.57. The standard InChI is InChI=1S/C21H20F7N5O/c1-2-32-9-12(22)8-13(10-32)29-20-31-30-17(18-15(23)5-6-33(18)20)14-4-3-11(21(26,27)28)7-16(14)34-19(24)25/h3-7,12-13,19H,2,8-10H2,1H3,(H,29,31)/t12-,13?/m1/s1. The fraction of sp³-hybridized carbons (Fsp3) is 0.429. The number of piperidine rings is 1. The normalized spacial score (nSPS) is 19.7. The molecule has 3 aromatic rings. The maximum absolute atomic E-state index is 14.7. The third kappa shape index (κ3) is 4.88. The van der Waals surface area contributed by atoms with Crippen molar-refractivity contribution in [3.63, 3.8) is 0 Å². The molecule has 1 saturated heterocycles. The first-order chi connectivity index (χ1) is 16.1. The van der Waals surface area contributed by atoms with Gasteiger partial charge in [-0.15, -0.1) is 10.2 Å². The molecule has 1 fully saturated rings. The van der Waals surface area contributed by atoms with Crippen LogP contribution >= 0.6 is 0 Å².